The van der Waals surface area contributed by atoms with Crippen LogP contribution in [0.15, 0.2) is 29.3 Å². The molecule has 6 nitrogen and oxygen atoms in total. The lowest BCUT2D eigenvalue weighted by molar-refractivity contribution is -0.116. The Morgan fingerprint density at radius 2 is 2.04 bits per heavy atom. The first-order valence-corrected chi connectivity index (χ1v) is 7.99. The van der Waals surface area contributed by atoms with Gasteiger partial charge < -0.3 is 20.9 Å². The van der Waals surface area contributed by atoms with Crippen LogP contribution in [-0.4, -0.2) is 50.0 Å². The summed E-state index contributed by atoms with van der Waals surface area (Å²) in [6.07, 6.45) is 0. The molecule has 0 fully saturated rings. The highest BCUT2D eigenvalue weighted by Crippen LogP contribution is 2.11. The fraction of sp³-hybridized carbons (Fsp3) is 0.529. The topological polar surface area (TPSA) is 68.8 Å². The molecule has 0 atom stereocenters. The summed E-state index contributed by atoms with van der Waals surface area (Å²) in [5.74, 6) is 0.773. The third kappa shape index (κ3) is 8.21. The number of anilines is 1. The van der Waals surface area contributed by atoms with Gasteiger partial charge in [-0.3, -0.25) is 4.79 Å². The van der Waals surface area contributed by atoms with Crippen LogP contribution in [0.3, 0.4) is 0 Å². The van der Waals surface area contributed by atoms with Gasteiger partial charge in [0.2, 0.25) is 5.91 Å². The van der Waals surface area contributed by atoms with Crippen molar-refractivity contribution in [2.75, 3.05) is 32.5 Å². The monoisotopic (exact) mass is 319 g/mol. The minimum atomic E-state index is -0.0227. The predicted octanol–water partition coefficient (Wildman–Crippen LogP) is 1.65. The van der Waals surface area contributed by atoms with E-state index in [9.17, 15) is 4.79 Å². The molecule has 0 saturated heterocycles. The van der Waals surface area contributed by atoms with E-state index in [1.165, 1.54) is 0 Å². The van der Waals surface area contributed by atoms with Crippen LogP contribution in [0.1, 0.15) is 26.3 Å². The first kappa shape index (κ1) is 19.0. The molecule has 0 spiro atoms. The van der Waals surface area contributed by atoms with Crippen LogP contribution in [-0.2, 0) is 11.3 Å². The summed E-state index contributed by atoms with van der Waals surface area (Å²) in [4.78, 5) is 18.2. The van der Waals surface area contributed by atoms with Crippen LogP contribution in [0.4, 0.5) is 5.69 Å². The van der Waals surface area contributed by atoms with Gasteiger partial charge in [-0.2, -0.15) is 0 Å². The van der Waals surface area contributed by atoms with Gasteiger partial charge in [-0.1, -0.05) is 12.1 Å². The molecule has 0 aliphatic carbocycles. The highest BCUT2D eigenvalue weighted by molar-refractivity contribution is 5.92. The van der Waals surface area contributed by atoms with E-state index in [4.69, 9.17) is 0 Å². The fourth-order valence-electron chi connectivity index (χ4n) is 2.00. The molecule has 0 saturated carbocycles. The number of likely N-dealkylation sites (N-methyl/N-ethyl adjacent to an activating group) is 1. The quantitative estimate of drug-likeness (QED) is 0.528. The molecule has 0 unspecified atom stereocenters. The van der Waals surface area contributed by atoms with Crippen molar-refractivity contribution in [3.05, 3.63) is 29.8 Å². The van der Waals surface area contributed by atoms with Gasteiger partial charge in [-0.05, 0) is 52.6 Å². The molecule has 0 radical (unpaired) electrons. The molecule has 0 bridgehead atoms. The Balaban J connectivity index is 2.70. The van der Waals surface area contributed by atoms with Crippen LogP contribution < -0.4 is 16.0 Å². The Labute approximate surface area is 139 Å². The maximum atomic E-state index is 11.8. The molecular formula is C17H29N5O. The number of carbonyl (C=O) groups excluding carboxylic acids is 1. The number of hydrogen-bond acceptors (Lipinski definition) is 3. The van der Waals surface area contributed by atoms with Gasteiger partial charge in [0, 0.05) is 18.3 Å². The van der Waals surface area contributed by atoms with Crippen molar-refractivity contribution in [1.29, 1.82) is 0 Å². The van der Waals surface area contributed by atoms with Crippen LogP contribution >= 0.6 is 0 Å². The van der Waals surface area contributed by atoms with E-state index < -0.39 is 0 Å². The minimum Gasteiger partial charge on any atom is -0.357 e. The smallest absolute Gasteiger partial charge is 0.238 e. The number of aliphatic imine (C=N–C) groups is 1. The number of hydrogen-bond donors (Lipinski definition) is 3. The number of guanidine groups is 1. The number of carbonyl (C=O) groups is 1. The second-order valence-corrected chi connectivity index (χ2v) is 5.98. The number of benzene rings is 1. The average Bonchev–Trinajstić information content (AvgIpc) is 2.44. The highest BCUT2D eigenvalue weighted by atomic mass is 16.2. The third-order valence-corrected chi connectivity index (χ3v) is 2.86. The number of amides is 1. The van der Waals surface area contributed by atoms with Crippen molar-refractivity contribution in [3.63, 3.8) is 0 Å². The second-order valence-electron chi connectivity index (χ2n) is 5.98. The van der Waals surface area contributed by atoms with E-state index in [2.05, 4.69) is 34.8 Å². The van der Waals surface area contributed by atoms with Gasteiger partial charge >= 0.3 is 0 Å². The van der Waals surface area contributed by atoms with Gasteiger partial charge in [0.15, 0.2) is 5.96 Å². The van der Waals surface area contributed by atoms with Gasteiger partial charge in [0.1, 0.15) is 0 Å². The molecule has 1 rings (SSSR count). The molecule has 0 aliphatic rings. The molecule has 1 aromatic rings. The Morgan fingerprint density at radius 3 is 2.65 bits per heavy atom. The largest absolute Gasteiger partial charge is 0.357 e. The summed E-state index contributed by atoms with van der Waals surface area (Å²) in [7, 11) is 3.74. The lowest BCUT2D eigenvalue weighted by Crippen LogP contribution is -2.41. The summed E-state index contributed by atoms with van der Waals surface area (Å²) < 4.78 is 0. The van der Waals surface area contributed by atoms with E-state index in [0.29, 0.717) is 19.1 Å². The fourth-order valence-corrected chi connectivity index (χ4v) is 2.00. The summed E-state index contributed by atoms with van der Waals surface area (Å²) in [5, 5.41) is 9.40. The van der Waals surface area contributed by atoms with Gasteiger partial charge in [0.05, 0.1) is 13.1 Å². The lowest BCUT2D eigenvalue weighted by Gasteiger charge is -2.14. The Bertz CT molecular complexity index is 525. The van der Waals surface area contributed by atoms with Crippen molar-refractivity contribution in [1.82, 2.24) is 15.5 Å². The summed E-state index contributed by atoms with van der Waals surface area (Å²) in [6, 6.07) is 8.10. The zero-order valence-corrected chi connectivity index (χ0v) is 14.8. The number of nitrogens with zero attached hydrogens (tertiary/aromatic N) is 2. The lowest BCUT2D eigenvalue weighted by atomic mass is 10.2. The normalized spacial score (nSPS) is 11.7. The SMILES string of the molecule is CCNC(=NCc1cccc(NC(=O)CN(C)C)c1)NC(C)C. The highest BCUT2D eigenvalue weighted by Gasteiger charge is 2.04. The zero-order valence-electron chi connectivity index (χ0n) is 14.8. The van der Waals surface area contributed by atoms with E-state index in [1.807, 2.05) is 50.2 Å². The molecule has 0 heterocycles. The predicted molar refractivity (Wildman–Crippen MR) is 96.7 cm³/mol. The molecule has 3 N–H and O–H groups in total. The standard InChI is InChI=1S/C17H29N5O/c1-6-18-17(20-13(2)3)19-11-14-8-7-9-15(10-14)21-16(23)12-22(4)5/h7-10,13H,6,11-12H2,1-5H3,(H,21,23)(H2,18,19,20). The molecule has 23 heavy (non-hydrogen) atoms. The second kappa shape index (κ2) is 9.84. The third-order valence-electron chi connectivity index (χ3n) is 2.86. The molecule has 1 aromatic carbocycles. The van der Waals surface area contributed by atoms with Crippen molar-refractivity contribution in [3.8, 4) is 0 Å². The van der Waals surface area contributed by atoms with Crippen molar-refractivity contribution in [2.24, 2.45) is 4.99 Å². The van der Waals surface area contributed by atoms with Gasteiger partial charge in [-0.25, -0.2) is 4.99 Å². The van der Waals surface area contributed by atoms with E-state index in [1.54, 1.807) is 0 Å². The average molecular weight is 319 g/mol. The summed E-state index contributed by atoms with van der Waals surface area (Å²) in [6.45, 7) is 7.93. The number of nitrogens with one attached hydrogen (secondary N) is 3. The zero-order chi connectivity index (χ0) is 17.2. The van der Waals surface area contributed by atoms with Crippen LogP contribution in [0.25, 0.3) is 0 Å². The van der Waals surface area contributed by atoms with Crippen LogP contribution in [0.2, 0.25) is 0 Å². The molecule has 0 aliphatic heterocycles. The van der Waals surface area contributed by atoms with Crippen molar-refractivity contribution >= 4 is 17.6 Å². The first-order chi connectivity index (χ1) is 10.9. The molecule has 6 heteroatoms. The Hall–Kier alpha value is -2.08. The van der Waals surface area contributed by atoms with Crippen molar-refractivity contribution < 1.29 is 4.79 Å². The Kier molecular flexibility index (Phi) is 8.11. The Morgan fingerprint density at radius 1 is 1.30 bits per heavy atom. The maximum absolute atomic E-state index is 11.8. The van der Waals surface area contributed by atoms with E-state index in [0.717, 1.165) is 23.8 Å². The van der Waals surface area contributed by atoms with Crippen LogP contribution in [0.5, 0.6) is 0 Å². The molecule has 0 aromatic heterocycles. The molecule has 128 valence electrons. The maximum Gasteiger partial charge on any atom is 0.238 e. The van der Waals surface area contributed by atoms with Gasteiger partial charge in [-0.15, -0.1) is 0 Å². The van der Waals surface area contributed by atoms with Crippen LogP contribution in [0, 0.1) is 0 Å². The van der Waals surface area contributed by atoms with Crippen molar-refractivity contribution in [2.45, 2.75) is 33.4 Å². The van der Waals surface area contributed by atoms with Gasteiger partial charge in [0.25, 0.3) is 0 Å². The summed E-state index contributed by atoms with van der Waals surface area (Å²) in [5.41, 5.74) is 1.85. The van der Waals surface area contributed by atoms with E-state index in [-0.39, 0.29) is 5.91 Å². The molecular weight excluding hydrogens is 290 g/mol. The minimum absolute atomic E-state index is 0.0227. The summed E-state index contributed by atoms with van der Waals surface area (Å²) >= 11 is 0. The first-order valence-electron chi connectivity index (χ1n) is 7.99. The van der Waals surface area contributed by atoms with E-state index >= 15 is 0 Å². The molecule has 1 amide bonds. The number of rotatable bonds is 7.